The monoisotopic (exact) mass is 208 g/mol. The third-order valence-corrected chi connectivity index (χ3v) is 1.82. The van der Waals surface area contributed by atoms with Crippen molar-refractivity contribution in [1.82, 2.24) is 0 Å². The molecule has 0 unspecified atom stereocenters. The van der Waals surface area contributed by atoms with Gasteiger partial charge in [0.2, 0.25) is 0 Å². The number of aryl methyl sites for hydroxylation is 1. The number of benzene rings is 1. The standard InChI is InChI=1S/C12H13FO2/c1-10(14)15-12(13)9-5-8-11-6-3-2-4-7-11/h2-4,6-7,9H,5,8H2,1H3/b12-9-. The van der Waals surface area contributed by atoms with Crippen LogP contribution in [0.2, 0.25) is 0 Å². The molecule has 0 aromatic heterocycles. The summed E-state index contributed by atoms with van der Waals surface area (Å²) < 4.78 is 17.0. The number of hydrogen-bond donors (Lipinski definition) is 0. The molecule has 0 saturated carbocycles. The van der Waals surface area contributed by atoms with Crippen molar-refractivity contribution in [2.75, 3.05) is 0 Å². The molecule has 0 spiro atoms. The van der Waals surface area contributed by atoms with Gasteiger partial charge >= 0.3 is 5.97 Å². The molecule has 0 aliphatic heterocycles. The van der Waals surface area contributed by atoms with E-state index in [9.17, 15) is 9.18 Å². The minimum atomic E-state index is -0.821. The van der Waals surface area contributed by atoms with Gasteiger partial charge in [0.1, 0.15) is 0 Å². The van der Waals surface area contributed by atoms with Crippen LogP contribution in [0.5, 0.6) is 0 Å². The molecular formula is C12H13FO2. The molecule has 0 atom stereocenters. The molecule has 0 saturated heterocycles. The van der Waals surface area contributed by atoms with Crippen LogP contribution >= 0.6 is 0 Å². The maximum absolute atomic E-state index is 12.8. The number of hydrogen-bond acceptors (Lipinski definition) is 2. The minimum Gasteiger partial charge on any atom is -0.399 e. The van der Waals surface area contributed by atoms with Gasteiger partial charge in [-0.25, -0.2) is 0 Å². The Bertz CT molecular complexity index is 344. The van der Waals surface area contributed by atoms with Crippen molar-refractivity contribution in [3.63, 3.8) is 0 Å². The maximum Gasteiger partial charge on any atom is 0.309 e. The van der Waals surface area contributed by atoms with Crippen LogP contribution in [0.1, 0.15) is 18.9 Å². The second kappa shape index (κ2) is 5.96. The average molecular weight is 208 g/mol. The Balaban J connectivity index is 2.35. The van der Waals surface area contributed by atoms with E-state index in [0.717, 1.165) is 12.0 Å². The van der Waals surface area contributed by atoms with E-state index in [0.29, 0.717) is 6.42 Å². The van der Waals surface area contributed by atoms with Crippen molar-refractivity contribution >= 4 is 5.97 Å². The van der Waals surface area contributed by atoms with Gasteiger partial charge in [-0.1, -0.05) is 30.3 Å². The first kappa shape index (κ1) is 11.4. The molecule has 0 aliphatic rings. The Morgan fingerprint density at radius 1 is 1.40 bits per heavy atom. The lowest BCUT2D eigenvalue weighted by atomic mass is 10.1. The number of rotatable bonds is 4. The molecule has 0 heterocycles. The summed E-state index contributed by atoms with van der Waals surface area (Å²) in [6.45, 7) is 1.17. The fraction of sp³-hybridized carbons (Fsp3) is 0.250. The largest absolute Gasteiger partial charge is 0.399 e. The first-order valence-corrected chi connectivity index (χ1v) is 4.76. The summed E-state index contributed by atoms with van der Waals surface area (Å²) in [6.07, 6.45) is 2.52. The van der Waals surface area contributed by atoms with Crippen molar-refractivity contribution in [1.29, 1.82) is 0 Å². The molecule has 0 bridgehead atoms. The highest BCUT2D eigenvalue weighted by Crippen LogP contribution is 2.06. The molecule has 3 heteroatoms. The maximum atomic E-state index is 12.8. The first-order valence-electron chi connectivity index (χ1n) is 4.76. The number of ether oxygens (including phenoxy) is 1. The lowest BCUT2D eigenvalue weighted by Gasteiger charge is -1.98. The van der Waals surface area contributed by atoms with E-state index in [2.05, 4.69) is 4.74 Å². The van der Waals surface area contributed by atoms with Crippen LogP contribution in [0.4, 0.5) is 4.39 Å². The lowest BCUT2D eigenvalue weighted by molar-refractivity contribution is -0.138. The zero-order valence-electron chi connectivity index (χ0n) is 8.57. The van der Waals surface area contributed by atoms with Crippen molar-refractivity contribution < 1.29 is 13.9 Å². The van der Waals surface area contributed by atoms with E-state index in [4.69, 9.17) is 0 Å². The zero-order valence-corrected chi connectivity index (χ0v) is 8.57. The van der Waals surface area contributed by atoms with Gasteiger partial charge in [-0.3, -0.25) is 4.79 Å². The summed E-state index contributed by atoms with van der Waals surface area (Å²) in [6, 6.07) is 8.91. The number of allylic oxidation sites excluding steroid dienone is 1. The quantitative estimate of drug-likeness (QED) is 0.561. The van der Waals surface area contributed by atoms with E-state index in [1.807, 2.05) is 30.3 Å². The SMILES string of the molecule is CC(=O)O/C(F)=C\CCc1ccccc1. The van der Waals surface area contributed by atoms with Crippen molar-refractivity contribution in [3.8, 4) is 0 Å². The van der Waals surface area contributed by atoms with Gasteiger partial charge in [0.15, 0.2) is 0 Å². The van der Waals surface area contributed by atoms with Crippen LogP contribution in [-0.2, 0) is 16.0 Å². The minimum absolute atomic E-state index is 0.517. The molecule has 0 fully saturated rings. The van der Waals surface area contributed by atoms with Crippen LogP contribution in [-0.4, -0.2) is 5.97 Å². The molecule has 0 aliphatic carbocycles. The van der Waals surface area contributed by atoms with Gasteiger partial charge in [-0.2, -0.15) is 4.39 Å². The molecule has 15 heavy (non-hydrogen) atoms. The summed E-state index contributed by atoms with van der Waals surface area (Å²) in [7, 11) is 0. The van der Waals surface area contributed by atoms with E-state index >= 15 is 0 Å². The Labute approximate surface area is 88.4 Å². The third kappa shape index (κ3) is 4.96. The average Bonchev–Trinajstić information content (AvgIpc) is 2.18. The topological polar surface area (TPSA) is 26.3 Å². The van der Waals surface area contributed by atoms with E-state index in [1.165, 1.54) is 13.0 Å². The Morgan fingerprint density at radius 2 is 2.07 bits per heavy atom. The van der Waals surface area contributed by atoms with Crippen LogP contribution < -0.4 is 0 Å². The van der Waals surface area contributed by atoms with E-state index in [-0.39, 0.29) is 0 Å². The van der Waals surface area contributed by atoms with Crippen LogP contribution in [0, 0.1) is 0 Å². The van der Waals surface area contributed by atoms with Gasteiger partial charge in [0.25, 0.3) is 6.01 Å². The molecule has 0 amide bonds. The molecular weight excluding hydrogens is 195 g/mol. The van der Waals surface area contributed by atoms with Gasteiger partial charge in [0.05, 0.1) is 0 Å². The first-order chi connectivity index (χ1) is 7.18. The summed E-state index contributed by atoms with van der Waals surface area (Å²) in [5.41, 5.74) is 1.13. The van der Waals surface area contributed by atoms with Crippen molar-refractivity contribution in [2.45, 2.75) is 19.8 Å². The molecule has 2 nitrogen and oxygen atoms in total. The van der Waals surface area contributed by atoms with E-state index in [1.54, 1.807) is 0 Å². The Morgan fingerprint density at radius 3 is 2.67 bits per heavy atom. The molecule has 80 valence electrons. The predicted molar refractivity (Wildman–Crippen MR) is 55.7 cm³/mol. The van der Waals surface area contributed by atoms with Gasteiger partial charge < -0.3 is 4.74 Å². The highest BCUT2D eigenvalue weighted by molar-refractivity contribution is 5.66. The lowest BCUT2D eigenvalue weighted by Crippen LogP contribution is -1.95. The molecule has 1 aromatic rings. The van der Waals surface area contributed by atoms with E-state index < -0.39 is 12.0 Å². The van der Waals surface area contributed by atoms with Crippen molar-refractivity contribution in [2.24, 2.45) is 0 Å². The Kier molecular flexibility index (Phi) is 4.54. The Hall–Kier alpha value is -1.64. The number of esters is 1. The smallest absolute Gasteiger partial charge is 0.309 e. The highest BCUT2D eigenvalue weighted by atomic mass is 19.1. The van der Waals surface area contributed by atoms with Gasteiger partial charge in [-0.15, -0.1) is 0 Å². The van der Waals surface area contributed by atoms with Crippen LogP contribution in [0.25, 0.3) is 0 Å². The normalized spacial score (nSPS) is 11.2. The predicted octanol–water partition coefficient (Wildman–Crippen LogP) is 2.99. The molecule has 0 radical (unpaired) electrons. The third-order valence-electron chi connectivity index (χ3n) is 1.82. The summed E-state index contributed by atoms with van der Waals surface area (Å²) in [4.78, 5) is 10.4. The second-order valence-corrected chi connectivity index (χ2v) is 3.13. The highest BCUT2D eigenvalue weighted by Gasteiger charge is 1.98. The number of carbonyl (C=O) groups is 1. The van der Waals surface area contributed by atoms with Crippen molar-refractivity contribution in [3.05, 3.63) is 48.0 Å². The fourth-order valence-electron chi connectivity index (χ4n) is 1.18. The summed E-state index contributed by atoms with van der Waals surface area (Å²) in [5.74, 6) is -0.636. The molecule has 1 rings (SSSR count). The van der Waals surface area contributed by atoms with Crippen LogP contribution in [0.15, 0.2) is 42.4 Å². The van der Waals surface area contributed by atoms with Gasteiger partial charge in [-0.05, 0) is 24.5 Å². The summed E-state index contributed by atoms with van der Waals surface area (Å²) in [5, 5.41) is 0. The number of carbonyl (C=O) groups excluding carboxylic acids is 1. The molecule has 0 N–H and O–H groups in total. The zero-order chi connectivity index (χ0) is 11.1. The summed E-state index contributed by atoms with van der Waals surface area (Å²) >= 11 is 0. The fourth-order valence-corrected chi connectivity index (χ4v) is 1.18. The van der Waals surface area contributed by atoms with Crippen LogP contribution in [0.3, 0.4) is 0 Å². The second-order valence-electron chi connectivity index (χ2n) is 3.13. The van der Waals surface area contributed by atoms with Gasteiger partial charge in [0, 0.05) is 6.92 Å². The molecule has 1 aromatic carbocycles. The number of halogens is 1.